The van der Waals surface area contributed by atoms with Crippen LogP contribution in [0.25, 0.3) is 11.0 Å². The van der Waals surface area contributed by atoms with Gasteiger partial charge >= 0.3 is 0 Å². The summed E-state index contributed by atoms with van der Waals surface area (Å²) in [6, 6.07) is 15.4. The standard InChI is InChI=1S/C33H38N6O5/c1-4-17-36(19-23-11-7-6-8-12-23)30(41)27-26-15-16-33(44-26)28(27)31(42)39(22(3)20-40)29(33)32(43)37(18-5-2)21-38-25-14-10-9-13-24(25)34-35-38/h4-14,22,26-29,40H,1-2,15-21H2,3H3/t22-,26+,27-,28+,29?,33?/m1/s1. The molecule has 3 aliphatic heterocycles. The molecule has 3 aromatic rings. The number of benzene rings is 2. The molecule has 2 bridgehead atoms. The van der Waals surface area contributed by atoms with Gasteiger partial charge in [-0.2, -0.15) is 0 Å². The average Bonchev–Trinajstić information content (AvgIpc) is 3.79. The number of likely N-dealkylation sites (tertiary alicyclic amines) is 1. The molecule has 11 nitrogen and oxygen atoms in total. The molecular weight excluding hydrogens is 560 g/mol. The lowest BCUT2D eigenvalue weighted by Crippen LogP contribution is -2.58. The molecule has 0 aliphatic carbocycles. The summed E-state index contributed by atoms with van der Waals surface area (Å²) in [6.45, 7) is 10.0. The van der Waals surface area contributed by atoms with Crippen molar-refractivity contribution in [3.8, 4) is 0 Å². The van der Waals surface area contributed by atoms with Crippen molar-refractivity contribution >= 4 is 28.8 Å². The van der Waals surface area contributed by atoms with E-state index in [0.29, 0.717) is 31.4 Å². The van der Waals surface area contributed by atoms with Crippen LogP contribution in [0.3, 0.4) is 0 Å². The fourth-order valence-corrected chi connectivity index (χ4v) is 7.35. The van der Waals surface area contributed by atoms with E-state index in [4.69, 9.17) is 4.74 Å². The van der Waals surface area contributed by atoms with Crippen LogP contribution in [0.2, 0.25) is 0 Å². The van der Waals surface area contributed by atoms with E-state index in [1.807, 2.05) is 54.6 Å². The first-order valence-corrected chi connectivity index (χ1v) is 15.1. The third-order valence-electron chi connectivity index (χ3n) is 9.26. The number of amides is 3. The van der Waals surface area contributed by atoms with Crippen LogP contribution >= 0.6 is 0 Å². The second-order valence-corrected chi connectivity index (χ2v) is 11.9. The first kappa shape index (κ1) is 29.7. The van der Waals surface area contributed by atoms with Crippen LogP contribution in [0.15, 0.2) is 79.9 Å². The number of nitrogens with zero attached hydrogens (tertiary/aromatic N) is 6. The molecule has 1 N–H and O–H groups in total. The van der Waals surface area contributed by atoms with Crippen LogP contribution in [-0.2, 0) is 32.3 Å². The Morgan fingerprint density at radius 2 is 1.80 bits per heavy atom. The number of fused-ring (bicyclic) bond motifs is 2. The predicted octanol–water partition coefficient (Wildman–Crippen LogP) is 2.37. The maximum absolute atomic E-state index is 14.6. The number of hydrogen-bond acceptors (Lipinski definition) is 7. The highest BCUT2D eigenvalue weighted by Crippen LogP contribution is 2.59. The van der Waals surface area contributed by atoms with Gasteiger partial charge in [-0.05, 0) is 37.5 Å². The third-order valence-corrected chi connectivity index (χ3v) is 9.26. The van der Waals surface area contributed by atoms with Crippen LogP contribution in [0.5, 0.6) is 0 Å². The number of ether oxygens (including phenoxy) is 1. The van der Waals surface area contributed by atoms with Crippen molar-refractivity contribution in [2.45, 2.75) is 56.8 Å². The van der Waals surface area contributed by atoms with Gasteiger partial charge in [-0.25, -0.2) is 4.68 Å². The fourth-order valence-electron chi connectivity index (χ4n) is 7.35. The molecule has 1 spiro atoms. The van der Waals surface area contributed by atoms with Gasteiger partial charge in [0.25, 0.3) is 0 Å². The Labute approximate surface area is 256 Å². The van der Waals surface area contributed by atoms with Crippen molar-refractivity contribution in [3.05, 3.63) is 85.5 Å². The van der Waals surface area contributed by atoms with E-state index in [1.165, 1.54) is 4.90 Å². The number of aliphatic hydroxyl groups is 1. The number of para-hydroxylation sites is 1. The van der Waals surface area contributed by atoms with Gasteiger partial charge in [0.2, 0.25) is 17.7 Å². The highest BCUT2D eigenvalue weighted by Gasteiger charge is 2.75. The molecule has 11 heteroatoms. The number of aliphatic hydroxyl groups excluding tert-OH is 1. The fraction of sp³-hybridized carbons (Fsp3) is 0.424. The van der Waals surface area contributed by atoms with Crippen molar-refractivity contribution in [1.29, 1.82) is 0 Å². The van der Waals surface area contributed by atoms with E-state index < -0.39 is 35.6 Å². The minimum absolute atomic E-state index is 0.0775. The Morgan fingerprint density at radius 3 is 2.52 bits per heavy atom. The Balaban J connectivity index is 1.35. The van der Waals surface area contributed by atoms with Crippen molar-refractivity contribution in [3.63, 3.8) is 0 Å². The SMILES string of the molecule is C=CCN(Cn1nnc2ccccc21)C(=O)C1N([C@H](C)CO)C(=O)[C@@H]2[C@H](C(=O)N(CC=C)Cc3ccccc3)[C@@H]3CCC12O3. The van der Waals surface area contributed by atoms with Gasteiger partial charge in [0.1, 0.15) is 23.8 Å². The lowest BCUT2D eigenvalue weighted by Gasteiger charge is -2.38. The highest BCUT2D eigenvalue weighted by atomic mass is 16.5. The summed E-state index contributed by atoms with van der Waals surface area (Å²) in [5, 5.41) is 18.7. The molecule has 2 aromatic carbocycles. The van der Waals surface area contributed by atoms with Gasteiger partial charge in [-0.1, -0.05) is 59.8 Å². The molecule has 0 radical (unpaired) electrons. The van der Waals surface area contributed by atoms with Crippen LogP contribution < -0.4 is 0 Å². The molecule has 6 rings (SSSR count). The summed E-state index contributed by atoms with van der Waals surface area (Å²) in [5.41, 5.74) is 1.22. The number of carbonyl (C=O) groups excluding carboxylic acids is 3. The minimum atomic E-state index is -1.20. The zero-order valence-electron chi connectivity index (χ0n) is 24.9. The largest absolute Gasteiger partial charge is 0.394 e. The third kappa shape index (κ3) is 4.80. The second-order valence-electron chi connectivity index (χ2n) is 11.9. The molecule has 3 saturated heterocycles. The summed E-state index contributed by atoms with van der Waals surface area (Å²) in [4.78, 5) is 47.9. The number of aromatic nitrogens is 3. The monoisotopic (exact) mass is 598 g/mol. The number of rotatable bonds is 12. The van der Waals surface area contributed by atoms with Crippen molar-refractivity contribution in [2.75, 3.05) is 19.7 Å². The first-order chi connectivity index (χ1) is 21.3. The molecule has 44 heavy (non-hydrogen) atoms. The first-order valence-electron chi connectivity index (χ1n) is 15.1. The van der Waals surface area contributed by atoms with E-state index in [-0.39, 0.29) is 37.5 Å². The Bertz CT molecular complexity index is 1570. The summed E-state index contributed by atoms with van der Waals surface area (Å²) in [5.74, 6) is -2.48. The number of hydrogen-bond donors (Lipinski definition) is 1. The molecule has 0 saturated carbocycles. The molecule has 1 aromatic heterocycles. The van der Waals surface area contributed by atoms with Gasteiger partial charge in [-0.3, -0.25) is 14.4 Å². The van der Waals surface area contributed by atoms with Crippen molar-refractivity contribution < 1.29 is 24.2 Å². The summed E-state index contributed by atoms with van der Waals surface area (Å²) >= 11 is 0. The predicted molar refractivity (Wildman–Crippen MR) is 162 cm³/mol. The summed E-state index contributed by atoms with van der Waals surface area (Å²) < 4.78 is 8.27. The maximum Gasteiger partial charge on any atom is 0.250 e. The van der Waals surface area contributed by atoms with Crippen LogP contribution in [0, 0.1) is 11.8 Å². The Morgan fingerprint density at radius 1 is 1.09 bits per heavy atom. The number of carbonyl (C=O) groups is 3. The zero-order chi connectivity index (χ0) is 31.0. The van der Waals surface area contributed by atoms with Gasteiger partial charge < -0.3 is 24.5 Å². The van der Waals surface area contributed by atoms with Gasteiger partial charge in [0.15, 0.2) is 0 Å². The second kappa shape index (κ2) is 12.0. The summed E-state index contributed by atoms with van der Waals surface area (Å²) in [7, 11) is 0. The molecule has 3 aliphatic rings. The van der Waals surface area contributed by atoms with Crippen LogP contribution in [-0.4, -0.2) is 96.0 Å². The maximum atomic E-state index is 14.6. The molecular formula is C33H38N6O5. The van der Waals surface area contributed by atoms with E-state index in [0.717, 1.165) is 11.1 Å². The van der Waals surface area contributed by atoms with Crippen LogP contribution in [0.4, 0.5) is 0 Å². The molecule has 230 valence electrons. The van der Waals surface area contributed by atoms with Gasteiger partial charge in [0, 0.05) is 19.6 Å². The van der Waals surface area contributed by atoms with Crippen molar-refractivity contribution in [2.24, 2.45) is 11.8 Å². The lowest BCUT2D eigenvalue weighted by atomic mass is 9.70. The zero-order valence-corrected chi connectivity index (χ0v) is 24.9. The average molecular weight is 599 g/mol. The van der Waals surface area contributed by atoms with Gasteiger partial charge in [0.05, 0.1) is 36.1 Å². The summed E-state index contributed by atoms with van der Waals surface area (Å²) in [6.07, 6.45) is 3.81. The quantitative estimate of drug-likeness (QED) is 0.318. The molecule has 3 amide bonds. The van der Waals surface area contributed by atoms with Crippen molar-refractivity contribution in [1.82, 2.24) is 29.7 Å². The Hall–Kier alpha value is -4.35. The molecule has 2 unspecified atom stereocenters. The Kier molecular flexibility index (Phi) is 8.08. The van der Waals surface area contributed by atoms with E-state index in [9.17, 15) is 19.5 Å². The highest BCUT2D eigenvalue weighted by molar-refractivity contribution is 5.99. The topological polar surface area (TPSA) is 121 Å². The molecule has 4 heterocycles. The van der Waals surface area contributed by atoms with E-state index in [2.05, 4.69) is 23.5 Å². The smallest absolute Gasteiger partial charge is 0.250 e. The van der Waals surface area contributed by atoms with Gasteiger partial charge in [-0.15, -0.1) is 18.3 Å². The normalized spacial score (nSPS) is 26.0. The molecule has 6 atom stereocenters. The van der Waals surface area contributed by atoms with E-state index in [1.54, 1.807) is 33.6 Å². The van der Waals surface area contributed by atoms with Crippen LogP contribution in [0.1, 0.15) is 25.3 Å². The van der Waals surface area contributed by atoms with E-state index >= 15 is 0 Å². The molecule has 3 fully saturated rings. The lowest BCUT2D eigenvalue weighted by molar-refractivity contribution is -0.152. The minimum Gasteiger partial charge on any atom is -0.394 e.